The average molecular weight is 413 g/mol. The molecule has 0 spiro atoms. The van der Waals surface area contributed by atoms with E-state index in [2.05, 4.69) is 13.0 Å². The first kappa shape index (κ1) is 21.2. The molecule has 4 aliphatic rings. The van der Waals surface area contributed by atoms with Gasteiger partial charge < -0.3 is 9.84 Å². The first-order valence-electron chi connectivity index (χ1n) is 11.1. The summed E-state index contributed by atoms with van der Waals surface area (Å²) in [4.78, 5) is 37.3. The van der Waals surface area contributed by atoms with Gasteiger partial charge in [0.05, 0.1) is 6.10 Å². The lowest BCUT2D eigenvalue weighted by Crippen LogP contribution is -2.62. The van der Waals surface area contributed by atoms with Crippen molar-refractivity contribution in [3.8, 4) is 0 Å². The van der Waals surface area contributed by atoms with E-state index in [9.17, 15) is 19.5 Å². The van der Waals surface area contributed by atoms with Crippen molar-refractivity contribution in [1.82, 2.24) is 0 Å². The lowest BCUT2D eigenvalue weighted by atomic mass is 9.47. The van der Waals surface area contributed by atoms with Gasteiger partial charge in [0.25, 0.3) is 0 Å². The molecule has 0 aliphatic heterocycles. The van der Waals surface area contributed by atoms with E-state index in [1.54, 1.807) is 19.1 Å². The van der Waals surface area contributed by atoms with Crippen LogP contribution in [-0.2, 0) is 19.1 Å². The minimum absolute atomic E-state index is 0.0303. The molecule has 4 aliphatic carbocycles. The van der Waals surface area contributed by atoms with Gasteiger partial charge in [-0.1, -0.05) is 45.9 Å². The Hall–Kier alpha value is -2.01. The molecular weight excluding hydrogens is 380 g/mol. The number of Topliss-reactive ketones (excluding diaryl/α,β-unsaturated/α-hetero) is 1. The number of esters is 1. The molecule has 0 radical (unpaired) electrons. The molecular formula is C25H32O5. The van der Waals surface area contributed by atoms with Crippen molar-refractivity contribution in [3.05, 3.63) is 36.0 Å². The molecule has 0 saturated heterocycles. The zero-order valence-corrected chi connectivity index (χ0v) is 18.5. The van der Waals surface area contributed by atoms with Crippen LogP contribution in [0.2, 0.25) is 0 Å². The molecule has 0 bridgehead atoms. The largest absolute Gasteiger partial charge is 0.450 e. The van der Waals surface area contributed by atoms with Gasteiger partial charge in [0.15, 0.2) is 17.2 Å². The van der Waals surface area contributed by atoms with E-state index < -0.39 is 22.5 Å². The fourth-order valence-electron chi connectivity index (χ4n) is 7.40. The van der Waals surface area contributed by atoms with Crippen LogP contribution in [0.5, 0.6) is 0 Å². The van der Waals surface area contributed by atoms with Crippen molar-refractivity contribution >= 4 is 17.5 Å². The molecule has 5 heteroatoms. The van der Waals surface area contributed by atoms with Crippen molar-refractivity contribution in [2.45, 2.75) is 65.6 Å². The van der Waals surface area contributed by atoms with Crippen molar-refractivity contribution in [2.75, 3.05) is 0 Å². The van der Waals surface area contributed by atoms with Gasteiger partial charge in [-0.05, 0) is 49.3 Å². The highest BCUT2D eigenvalue weighted by Gasteiger charge is 2.71. The van der Waals surface area contributed by atoms with Gasteiger partial charge in [0, 0.05) is 29.1 Å². The highest BCUT2D eigenvalue weighted by molar-refractivity contribution is 6.01. The Labute approximate surface area is 178 Å². The third-order valence-corrected chi connectivity index (χ3v) is 8.69. The summed E-state index contributed by atoms with van der Waals surface area (Å²) in [6, 6.07) is 0. The summed E-state index contributed by atoms with van der Waals surface area (Å²) in [7, 11) is 0. The molecule has 2 fully saturated rings. The Bertz CT molecular complexity index is 897. The fraction of sp³-hybridized carbons (Fsp3) is 0.640. The molecule has 162 valence electrons. The fourth-order valence-corrected chi connectivity index (χ4v) is 7.40. The standard InChI is InChI=1S/C25H32O5/c1-6-21(29)30-25(15(3)26)14(2)11-19-18-8-7-16-12-17(27)9-10-23(16,4)22(18)20(28)13-24(19,25)5/h7-10,12,14,18-20,22,28H,6,11,13H2,1-5H3/t14?,18-,19-,20?,22+,23-,24-,25-/m0/s1. The Morgan fingerprint density at radius 3 is 2.60 bits per heavy atom. The maximum Gasteiger partial charge on any atom is 0.306 e. The van der Waals surface area contributed by atoms with Gasteiger partial charge in [-0.2, -0.15) is 0 Å². The maximum absolute atomic E-state index is 13.0. The quantitative estimate of drug-likeness (QED) is 0.717. The van der Waals surface area contributed by atoms with Crippen molar-refractivity contribution in [2.24, 2.45) is 34.5 Å². The monoisotopic (exact) mass is 412 g/mol. The Morgan fingerprint density at radius 1 is 1.27 bits per heavy atom. The van der Waals surface area contributed by atoms with E-state index in [4.69, 9.17) is 4.74 Å². The van der Waals surface area contributed by atoms with Gasteiger partial charge in [0.1, 0.15) is 0 Å². The predicted molar refractivity (Wildman–Crippen MR) is 112 cm³/mol. The van der Waals surface area contributed by atoms with Gasteiger partial charge in [-0.25, -0.2) is 0 Å². The van der Waals surface area contributed by atoms with Crippen LogP contribution < -0.4 is 0 Å². The minimum atomic E-state index is -1.22. The van der Waals surface area contributed by atoms with E-state index in [0.717, 1.165) is 12.0 Å². The van der Waals surface area contributed by atoms with Gasteiger partial charge >= 0.3 is 5.97 Å². The molecule has 2 unspecified atom stereocenters. The summed E-state index contributed by atoms with van der Waals surface area (Å²) in [5.41, 5.74) is -1.38. The SMILES string of the molecule is CCC(=O)O[C@]1(C(C)=O)C(C)C[C@H]2[C@@H]3C=CC4=CC(=O)C=C[C@]4(C)[C@H]3C(O)C[C@@]21C. The zero-order valence-electron chi connectivity index (χ0n) is 18.5. The van der Waals surface area contributed by atoms with Crippen LogP contribution in [0.3, 0.4) is 0 Å². The van der Waals surface area contributed by atoms with Crippen LogP contribution in [0.1, 0.15) is 53.9 Å². The van der Waals surface area contributed by atoms with Crippen LogP contribution >= 0.6 is 0 Å². The number of allylic oxidation sites excluding steroid dienone is 6. The molecule has 0 aromatic rings. The number of rotatable bonds is 3. The Morgan fingerprint density at radius 2 is 1.97 bits per heavy atom. The van der Waals surface area contributed by atoms with Crippen molar-refractivity contribution in [1.29, 1.82) is 0 Å². The summed E-state index contributed by atoms with van der Waals surface area (Å²) in [6.45, 7) is 9.35. The third-order valence-electron chi connectivity index (χ3n) is 8.69. The highest BCUT2D eigenvalue weighted by Crippen LogP contribution is 2.68. The summed E-state index contributed by atoms with van der Waals surface area (Å²) in [6.07, 6.45) is 9.98. The van der Waals surface area contributed by atoms with Gasteiger partial charge in [-0.15, -0.1) is 0 Å². The normalized spacial score (nSPS) is 46.5. The second kappa shape index (κ2) is 6.74. The van der Waals surface area contributed by atoms with E-state index in [0.29, 0.717) is 6.42 Å². The molecule has 0 aromatic heterocycles. The zero-order chi connectivity index (χ0) is 22.1. The van der Waals surface area contributed by atoms with Crippen LogP contribution in [0.25, 0.3) is 0 Å². The molecule has 1 N–H and O–H groups in total. The predicted octanol–water partition coefficient (Wildman–Crippen LogP) is 3.57. The number of hydrogen-bond donors (Lipinski definition) is 1. The van der Waals surface area contributed by atoms with Crippen LogP contribution in [0.4, 0.5) is 0 Å². The number of carbonyl (C=O) groups excluding carboxylic acids is 3. The maximum atomic E-state index is 13.0. The van der Waals surface area contributed by atoms with Gasteiger partial charge in [-0.3, -0.25) is 14.4 Å². The lowest BCUT2D eigenvalue weighted by molar-refractivity contribution is -0.199. The molecule has 0 amide bonds. The number of ketones is 2. The van der Waals surface area contributed by atoms with Crippen LogP contribution in [0, 0.1) is 34.5 Å². The van der Waals surface area contributed by atoms with Crippen LogP contribution in [0.15, 0.2) is 36.0 Å². The number of ether oxygens (including phenoxy) is 1. The average Bonchev–Trinajstić information content (AvgIpc) is 2.89. The van der Waals surface area contributed by atoms with Gasteiger partial charge in [0.2, 0.25) is 0 Å². The first-order chi connectivity index (χ1) is 14.0. The number of aliphatic hydroxyl groups is 1. The second-order valence-corrected chi connectivity index (χ2v) is 10.1. The molecule has 8 atom stereocenters. The van der Waals surface area contributed by atoms with E-state index in [1.165, 1.54) is 6.92 Å². The first-order valence-corrected chi connectivity index (χ1v) is 11.1. The molecule has 30 heavy (non-hydrogen) atoms. The Balaban J connectivity index is 1.83. The summed E-state index contributed by atoms with van der Waals surface area (Å²) >= 11 is 0. The molecule has 5 nitrogen and oxygen atoms in total. The second-order valence-electron chi connectivity index (χ2n) is 10.1. The summed E-state index contributed by atoms with van der Waals surface area (Å²) in [5, 5.41) is 11.4. The summed E-state index contributed by atoms with van der Waals surface area (Å²) < 4.78 is 5.97. The van der Waals surface area contributed by atoms with E-state index >= 15 is 0 Å². The highest BCUT2D eigenvalue weighted by atomic mass is 16.6. The number of fused-ring (bicyclic) bond motifs is 5. The molecule has 2 saturated carbocycles. The number of hydrogen-bond acceptors (Lipinski definition) is 5. The lowest BCUT2D eigenvalue weighted by Gasteiger charge is -2.58. The van der Waals surface area contributed by atoms with Crippen LogP contribution in [-0.4, -0.2) is 34.3 Å². The number of aliphatic hydroxyl groups excluding tert-OH is 1. The number of carbonyl (C=O) groups is 3. The topological polar surface area (TPSA) is 80.7 Å². The smallest absolute Gasteiger partial charge is 0.306 e. The van der Waals surface area contributed by atoms with E-state index in [-0.39, 0.29) is 47.6 Å². The van der Waals surface area contributed by atoms with E-state index in [1.807, 2.05) is 26.0 Å². The summed E-state index contributed by atoms with van der Waals surface area (Å²) in [5.74, 6) is -0.640. The third kappa shape index (κ3) is 2.54. The molecule has 0 heterocycles. The minimum Gasteiger partial charge on any atom is -0.450 e. The molecule has 4 rings (SSSR count). The van der Waals surface area contributed by atoms with Crippen molar-refractivity contribution < 1.29 is 24.2 Å². The molecule has 0 aromatic carbocycles. The Kier molecular flexibility index (Phi) is 4.77. The van der Waals surface area contributed by atoms with Crippen molar-refractivity contribution in [3.63, 3.8) is 0 Å².